The molecule has 1 atom stereocenters. The number of nitriles is 1. The van der Waals surface area contributed by atoms with Gasteiger partial charge in [0.1, 0.15) is 11.8 Å². The average molecular weight is 249 g/mol. The summed E-state index contributed by atoms with van der Waals surface area (Å²) >= 11 is 0. The smallest absolute Gasteiger partial charge is 0.203 e. The lowest BCUT2D eigenvalue weighted by Crippen LogP contribution is -2.38. The molecule has 0 amide bonds. The van der Waals surface area contributed by atoms with E-state index in [2.05, 4.69) is 38.2 Å². The molecule has 1 rings (SSSR count). The SMILES string of the molecule is CC(C)CC(CNCc1ccc(C#N)o1)N(C)C. The minimum atomic E-state index is 0.373. The Hall–Kier alpha value is -1.31. The topological polar surface area (TPSA) is 52.2 Å². The van der Waals surface area contributed by atoms with Crippen LogP contribution in [0, 0.1) is 17.2 Å². The molecule has 0 radical (unpaired) electrons. The normalized spacial score (nSPS) is 12.9. The summed E-state index contributed by atoms with van der Waals surface area (Å²) in [5, 5.41) is 12.0. The molecule has 4 nitrogen and oxygen atoms in total. The standard InChI is InChI=1S/C14H23N3O/c1-11(2)7-12(17(3)4)9-16-10-14-6-5-13(8-15)18-14/h5-6,11-12,16H,7,9-10H2,1-4H3. The highest BCUT2D eigenvalue weighted by Gasteiger charge is 2.13. The number of likely N-dealkylation sites (N-methyl/N-ethyl adjacent to an activating group) is 1. The predicted octanol–water partition coefficient (Wildman–Crippen LogP) is 2.22. The van der Waals surface area contributed by atoms with Crippen molar-refractivity contribution in [2.24, 2.45) is 5.92 Å². The quantitative estimate of drug-likeness (QED) is 0.805. The fourth-order valence-electron chi connectivity index (χ4n) is 1.92. The first kappa shape index (κ1) is 14.7. The van der Waals surface area contributed by atoms with Gasteiger partial charge in [0.05, 0.1) is 6.54 Å². The summed E-state index contributed by atoms with van der Waals surface area (Å²) in [6.45, 7) is 6.07. The highest BCUT2D eigenvalue weighted by atomic mass is 16.3. The Morgan fingerprint density at radius 3 is 2.61 bits per heavy atom. The average Bonchev–Trinajstić information content (AvgIpc) is 2.75. The molecule has 18 heavy (non-hydrogen) atoms. The number of nitrogens with one attached hydrogen (secondary N) is 1. The highest BCUT2D eigenvalue weighted by molar-refractivity contribution is 5.18. The van der Waals surface area contributed by atoms with Crippen LogP contribution in [0.15, 0.2) is 16.5 Å². The lowest BCUT2D eigenvalue weighted by Gasteiger charge is -2.26. The molecule has 0 saturated carbocycles. The van der Waals surface area contributed by atoms with E-state index >= 15 is 0 Å². The first-order valence-corrected chi connectivity index (χ1v) is 6.39. The van der Waals surface area contributed by atoms with Crippen LogP contribution in [0.25, 0.3) is 0 Å². The molecule has 0 aliphatic carbocycles. The van der Waals surface area contributed by atoms with Crippen LogP contribution in [-0.2, 0) is 6.54 Å². The van der Waals surface area contributed by atoms with E-state index in [9.17, 15) is 0 Å². The molecule has 100 valence electrons. The van der Waals surface area contributed by atoms with Gasteiger partial charge in [-0.3, -0.25) is 0 Å². The summed E-state index contributed by atoms with van der Waals surface area (Å²) in [6.07, 6.45) is 1.17. The highest BCUT2D eigenvalue weighted by Crippen LogP contribution is 2.09. The predicted molar refractivity (Wildman–Crippen MR) is 72.1 cm³/mol. The van der Waals surface area contributed by atoms with Gasteiger partial charge >= 0.3 is 0 Å². The van der Waals surface area contributed by atoms with Crippen molar-refractivity contribution in [1.82, 2.24) is 10.2 Å². The van der Waals surface area contributed by atoms with Gasteiger partial charge in [0.2, 0.25) is 5.76 Å². The number of furan rings is 1. The fourth-order valence-corrected chi connectivity index (χ4v) is 1.92. The number of hydrogen-bond acceptors (Lipinski definition) is 4. The van der Waals surface area contributed by atoms with E-state index in [1.165, 1.54) is 6.42 Å². The maximum absolute atomic E-state index is 8.67. The second kappa shape index (κ2) is 7.20. The van der Waals surface area contributed by atoms with E-state index in [-0.39, 0.29) is 0 Å². The summed E-state index contributed by atoms with van der Waals surface area (Å²) < 4.78 is 5.32. The van der Waals surface area contributed by atoms with E-state index in [0.717, 1.165) is 12.3 Å². The van der Waals surface area contributed by atoms with Gasteiger partial charge in [0.25, 0.3) is 0 Å². The third-order valence-electron chi connectivity index (χ3n) is 2.92. The van der Waals surface area contributed by atoms with Crippen LogP contribution in [0.2, 0.25) is 0 Å². The molecule has 1 aromatic rings. The van der Waals surface area contributed by atoms with Crippen LogP contribution < -0.4 is 5.32 Å². The van der Waals surface area contributed by atoms with Gasteiger partial charge in [-0.25, -0.2) is 0 Å². The molecule has 0 aliphatic rings. The van der Waals surface area contributed by atoms with Crippen LogP contribution in [-0.4, -0.2) is 31.6 Å². The number of nitrogens with zero attached hydrogens (tertiary/aromatic N) is 2. The number of hydrogen-bond donors (Lipinski definition) is 1. The van der Waals surface area contributed by atoms with Gasteiger partial charge in [-0.1, -0.05) is 13.8 Å². The van der Waals surface area contributed by atoms with Crippen LogP contribution in [0.4, 0.5) is 0 Å². The molecule has 0 spiro atoms. The molecule has 0 aromatic carbocycles. The first-order valence-electron chi connectivity index (χ1n) is 6.39. The van der Waals surface area contributed by atoms with E-state index in [1.807, 2.05) is 12.1 Å². The summed E-state index contributed by atoms with van der Waals surface area (Å²) in [4.78, 5) is 2.25. The molecule has 0 aliphatic heterocycles. The van der Waals surface area contributed by atoms with E-state index in [1.54, 1.807) is 6.07 Å². The molecule has 4 heteroatoms. The molecular weight excluding hydrogens is 226 g/mol. The second-order valence-corrected chi connectivity index (χ2v) is 5.26. The van der Waals surface area contributed by atoms with E-state index in [4.69, 9.17) is 9.68 Å². The maximum Gasteiger partial charge on any atom is 0.203 e. The van der Waals surface area contributed by atoms with Gasteiger partial charge in [-0.15, -0.1) is 0 Å². The molecule has 1 aromatic heterocycles. The van der Waals surface area contributed by atoms with Crippen LogP contribution in [0.1, 0.15) is 31.8 Å². The minimum absolute atomic E-state index is 0.373. The Bertz CT molecular complexity index is 390. The molecule has 1 N–H and O–H groups in total. The Morgan fingerprint density at radius 1 is 1.39 bits per heavy atom. The van der Waals surface area contributed by atoms with Crippen molar-refractivity contribution in [1.29, 1.82) is 5.26 Å². The lowest BCUT2D eigenvalue weighted by atomic mass is 10.0. The molecule has 0 bridgehead atoms. The fraction of sp³-hybridized carbons (Fsp3) is 0.643. The second-order valence-electron chi connectivity index (χ2n) is 5.26. The van der Waals surface area contributed by atoms with E-state index in [0.29, 0.717) is 24.3 Å². The van der Waals surface area contributed by atoms with Gasteiger partial charge in [-0.2, -0.15) is 5.26 Å². The number of rotatable bonds is 7. The van der Waals surface area contributed by atoms with Crippen molar-refractivity contribution in [3.05, 3.63) is 23.7 Å². The van der Waals surface area contributed by atoms with Crippen molar-refractivity contribution in [3.63, 3.8) is 0 Å². The minimum Gasteiger partial charge on any atom is -0.449 e. The summed E-state index contributed by atoms with van der Waals surface area (Å²) in [5.74, 6) is 1.87. The molecule has 0 saturated heterocycles. The Kier molecular flexibility index (Phi) is 5.90. The Balaban J connectivity index is 2.36. The van der Waals surface area contributed by atoms with Gasteiger partial charge in [0, 0.05) is 12.6 Å². The zero-order valence-corrected chi connectivity index (χ0v) is 11.7. The van der Waals surface area contributed by atoms with Crippen LogP contribution in [0.5, 0.6) is 0 Å². The van der Waals surface area contributed by atoms with Gasteiger partial charge in [0.15, 0.2) is 0 Å². The molecule has 0 fully saturated rings. The molecule has 1 unspecified atom stereocenters. The summed E-state index contributed by atoms with van der Waals surface area (Å²) in [7, 11) is 4.21. The maximum atomic E-state index is 8.67. The van der Waals surface area contributed by atoms with E-state index < -0.39 is 0 Å². The zero-order chi connectivity index (χ0) is 13.5. The van der Waals surface area contributed by atoms with Gasteiger partial charge < -0.3 is 14.6 Å². The largest absolute Gasteiger partial charge is 0.449 e. The van der Waals surface area contributed by atoms with Crippen LogP contribution >= 0.6 is 0 Å². The van der Waals surface area contributed by atoms with Gasteiger partial charge in [-0.05, 0) is 38.6 Å². The molecular formula is C14H23N3O. The Morgan fingerprint density at radius 2 is 2.11 bits per heavy atom. The van der Waals surface area contributed by atoms with Crippen LogP contribution in [0.3, 0.4) is 0 Å². The summed E-state index contributed by atoms with van der Waals surface area (Å²) in [6, 6.07) is 6.06. The van der Waals surface area contributed by atoms with Crippen molar-refractivity contribution in [2.75, 3.05) is 20.6 Å². The van der Waals surface area contributed by atoms with Crippen molar-refractivity contribution in [3.8, 4) is 6.07 Å². The van der Waals surface area contributed by atoms with Crippen molar-refractivity contribution < 1.29 is 4.42 Å². The van der Waals surface area contributed by atoms with Crippen molar-refractivity contribution >= 4 is 0 Å². The third-order valence-corrected chi connectivity index (χ3v) is 2.92. The lowest BCUT2D eigenvalue weighted by molar-refractivity contribution is 0.245. The van der Waals surface area contributed by atoms with Crippen molar-refractivity contribution in [2.45, 2.75) is 32.9 Å². The Labute approximate surface area is 110 Å². The molecule has 1 heterocycles. The monoisotopic (exact) mass is 249 g/mol. The third kappa shape index (κ3) is 4.91. The summed E-state index contributed by atoms with van der Waals surface area (Å²) in [5.41, 5.74) is 0. The zero-order valence-electron chi connectivity index (χ0n) is 11.7. The first-order chi connectivity index (χ1) is 8.52.